The number of aliphatic hydroxyl groups excluding tert-OH is 1. The number of aliphatic hydroxyl groups is 1. The van der Waals surface area contributed by atoms with Gasteiger partial charge in [-0.1, -0.05) is 36.4 Å². The molecule has 1 aromatic heterocycles. The van der Waals surface area contributed by atoms with Crippen molar-refractivity contribution in [1.29, 1.82) is 0 Å². The second-order valence-electron chi connectivity index (χ2n) is 4.52. The minimum absolute atomic E-state index is 0.0790. The Bertz CT molecular complexity index is 617. The fourth-order valence-electron chi connectivity index (χ4n) is 1.74. The largest absolute Gasteiger partial charge is 0.459 e. The summed E-state index contributed by atoms with van der Waals surface area (Å²) in [5.74, 6) is -1.24. The van der Waals surface area contributed by atoms with E-state index in [1.807, 2.05) is 30.3 Å². The summed E-state index contributed by atoms with van der Waals surface area (Å²) in [4.78, 5) is 27.7. The van der Waals surface area contributed by atoms with Crippen molar-refractivity contribution in [1.82, 2.24) is 10.3 Å². The van der Waals surface area contributed by atoms with Gasteiger partial charge in [-0.3, -0.25) is 9.78 Å². The molecule has 2 N–H and O–H groups in total. The van der Waals surface area contributed by atoms with E-state index in [-0.39, 0.29) is 12.3 Å². The Morgan fingerprint density at radius 2 is 1.86 bits per heavy atom. The quantitative estimate of drug-likeness (QED) is 0.774. The van der Waals surface area contributed by atoms with Crippen molar-refractivity contribution in [2.75, 3.05) is 6.61 Å². The molecule has 1 heterocycles. The van der Waals surface area contributed by atoms with Crippen molar-refractivity contribution in [3.05, 3.63) is 66.0 Å². The number of aromatic nitrogens is 1. The molecule has 1 amide bonds. The highest BCUT2D eigenvalue weighted by Gasteiger charge is 2.22. The maximum absolute atomic E-state index is 11.9. The van der Waals surface area contributed by atoms with Crippen molar-refractivity contribution < 1.29 is 19.4 Å². The van der Waals surface area contributed by atoms with Crippen molar-refractivity contribution in [2.45, 2.75) is 12.6 Å². The van der Waals surface area contributed by atoms with Crippen LogP contribution in [0, 0.1) is 0 Å². The topological polar surface area (TPSA) is 88.5 Å². The number of amides is 1. The average Bonchev–Trinajstić information content (AvgIpc) is 2.59. The third-order valence-electron chi connectivity index (χ3n) is 2.89. The smallest absolute Gasteiger partial charge is 0.331 e. The van der Waals surface area contributed by atoms with Gasteiger partial charge in [0, 0.05) is 6.20 Å². The van der Waals surface area contributed by atoms with Gasteiger partial charge < -0.3 is 15.2 Å². The van der Waals surface area contributed by atoms with Gasteiger partial charge in [0.25, 0.3) is 5.91 Å². The highest BCUT2D eigenvalue weighted by molar-refractivity contribution is 5.95. The number of carbonyl (C=O) groups excluding carboxylic acids is 2. The van der Waals surface area contributed by atoms with Gasteiger partial charge in [-0.15, -0.1) is 0 Å². The SMILES string of the molecule is O=C(N[C@@H](CO)C(=O)OCc1ccccc1)c1ccccn1. The molecule has 0 spiro atoms. The summed E-state index contributed by atoms with van der Waals surface area (Å²) in [5, 5.41) is 11.6. The molecule has 0 aliphatic heterocycles. The van der Waals surface area contributed by atoms with Crippen LogP contribution < -0.4 is 5.32 Å². The number of pyridine rings is 1. The fourth-order valence-corrected chi connectivity index (χ4v) is 1.74. The van der Waals surface area contributed by atoms with E-state index in [4.69, 9.17) is 4.74 Å². The lowest BCUT2D eigenvalue weighted by Crippen LogP contribution is -2.44. The van der Waals surface area contributed by atoms with Crippen LogP contribution in [0.5, 0.6) is 0 Å². The Hall–Kier alpha value is -2.73. The molecule has 0 saturated heterocycles. The van der Waals surface area contributed by atoms with E-state index in [2.05, 4.69) is 10.3 Å². The summed E-state index contributed by atoms with van der Waals surface area (Å²) < 4.78 is 5.08. The van der Waals surface area contributed by atoms with E-state index in [9.17, 15) is 14.7 Å². The number of ether oxygens (including phenoxy) is 1. The van der Waals surface area contributed by atoms with Gasteiger partial charge >= 0.3 is 5.97 Å². The molecular weight excluding hydrogens is 284 g/mol. The molecule has 0 aliphatic carbocycles. The molecule has 2 aromatic rings. The number of hydrogen-bond donors (Lipinski definition) is 2. The second kappa shape index (κ2) is 7.90. The van der Waals surface area contributed by atoms with Crippen molar-refractivity contribution in [3.63, 3.8) is 0 Å². The van der Waals surface area contributed by atoms with Gasteiger partial charge in [0.2, 0.25) is 0 Å². The summed E-state index contributed by atoms with van der Waals surface area (Å²) in [6.45, 7) is -0.470. The fraction of sp³-hybridized carbons (Fsp3) is 0.188. The molecular formula is C16H16N2O4. The first-order valence-electron chi connectivity index (χ1n) is 6.74. The number of rotatable bonds is 6. The molecule has 1 aromatic carbocycles. The van der Waals surface area contributed by atoms with Crippen LogP contribution in [0.15, 0.2) is 54.7 Å². The molecule has 0 bridgehead atoms. The Kier molecular flexibility index (Phi) is 5.62. The van der Waals surface area contributed by atoms with E-state index >= 15 is 0 Å². The van der Waals surface area contributed by atoms with Crippen LogP contribution in [0.2, 0.25) is 0 Å². The van der Waals surface area contributed by atoms with E-state index in [1.54, 1.807) is 12.1 Å². The molecule has 2 rings (SSSR count). The summed E-state index contributed by atoms with van der Waals surface area (Å²) in [5.41, 5.74) is 0.986. The van der Waals surface area contributed by atoms with E-state index in [0.29, 0.717) is 0 Å². The van der Waals surface area contributed by atoms with Crippen LogP contribution in [0.4, 0.5) is 0 Å². The second-order valence-corrected chi connectivity index (χ2v) is 4.52. The highest BCUT2D eigenvalue weighted by Crippen LogP contribution is 2.02. The van der Waals surface area contributed by atoms with Gasteiger partial charge in [-0.2, -0.15) is 0 Å². The van der Waals surface area contributed by atoms with E-state index in [1.165, 1.54) is 12.3 Å². The average molecular weight is 300 g/mol. The van der Waals surface area contributed by atoms with Crippen LogP contribution in [-0.4, -0.2) is 34.6 Å². The van der Waals surface area contributed by atoms with Crippen molar-refractivity contribution >= 4 is 11.9 Å². The number of hydrogen-bond acceptors (Lipinski definition) is 5. The Morgan fingerprint density at radius 3 is 2.50 bits per heavy atom. The number of esters is 1. The lowest BCUT2D eigenvalue weighted by atomic mass is 10.2. The van der Waals surface area contributed by atoms with Gasteiger partial charge in [0.15, 0.2) is 6.04 Å². The standard InChI is InChI=1S/C16H16N2O4/c19-10-14(18-15(20)13-8-4-5-9-17-13)16(21)22-11-12-6-2-1-3-7-12/h1-9,14,19H,10-11H2,(H,18,20)/t14-/m0/s1. The van der Waals surface area contributed by atoms with Gasteiger partial charge in [-0.25, -0.2) is 4.79 Å². The minimum Gasteiger partial charge on any atom is -0.459 e. The summed E-state index contributed by atoms with van der Waals surface area (Å²) in [6, 6.07) is 12.9. The molecule has 1 atom stereocenters. The van der Waals surface area contributed by atoms with Crippen LogP contribution in [0.25, 0.3) is 0 Å². The third kappa shape index (κ3) is 4.39. The first-order chi connectivity index (χ1) is 10.7. The third-order valence-corrected chi connectivity index (χ3v) is 2.89. The van der Waals surface area contributed by atoms with Crippen molar-refractivity contribution in [3.8, 4) is 0 Å². The Balaban J connectivity index is 1.90. The zero-order valence-electron chi connectivity index (χ0n) is 11.8. The normalized spacial score (nSPS) is 11.5. The molecule has 0 saturated carbocycles. The summed E-state index contributed by atoms with van der Waals surface area (Å²) >= 11 is 0. The molecule has 0 unspecified atom stereocenters. The Labute approximate surface area is 127 Å². The first-order valence-corrected chi connectivity index (χ1v) is 6.74. The number of nitrogens with one attached hydrogen (secondary N) is 1. The molecule has 0 fully saturated rings. The van der Waals surface area contributed by atoms with Crippen LogP contribution in [0.1, 0.15) is 16.1 Å². The molecule has 22 heavy (non-hydrogen) atoms. The molecule has 6 nitrogen and oxygen atoms in total. The monoisotopic (exact) mass is 300 g/mol. The Morgan fingerprint density at radius 1 is 1.14 bits per heavy atom. The molecule has 0 aliphatic rings. The lowest BCUT2D eigenvalue weighted by molar-refractivity contribution is -0.148. The first kappa shape index (κ1) is 15.7. The van der Waals surface area contributed by atoms with Crippen molar-refractivity contribution in [2.24, 2.45) is 0 Å². The number of nitrogens with zero attached hydrogens (tertiary/aromatic N) is 1. The van der Waals surface area contributed by atoms with E-state index < -0.39 is 24.5 Å². The zero-order chi connectivity index (χ0) is 15.8. The van der Waals surface area contributed by atoms with Gasteiger partial charge in [0.1, 0.15) is 12.3 Å². The lowest BCUT2D eigenvalue weighted by Gasteiger charge is -2.15. The summed E-state index contributed by atoms with van der Waals surface area (Å²) in [7, 11) is 0. The van der Waals surface area contributed by atoms with Crippen LogP contribution in [0.3, 0.4) is 0 Å². The minimum atomic E-state index is -1.13. The van der Waals surface area contributed by atoms with Gasteiger partial charge in [0.05, 0.1) is 6.61 Å². The highest BCUT2D eigenvalue weighted by atomic mass is 16.5. The molecule has 114 valence electrons. The number of carbonyl (C=O) groups is 2. The summed E-state index contributed by atoms with van der Waals surface area (Å²) in [6.07, 6.45) is 1.47. The number of benzene rings is 1. The molecule has 0 radical (unpaired) electrons. The predicted molar refractivity (Wildman–Crippen MR) is 78.8 cm³/mol. The zero-order valence-corrected chi connectivity index (χ0v) is 11.8. The van der Waals surface area contributed by atoms with Crippen LogP contribution in [-0.2, 0) is 16.1 Å². The van der Waals surface area contributed by atoms with Crippen LogP contribution >= 0.6 is 0 Å². The predicted octanol–water partition coefficient (Wildman–Crippen LogP) is 0.916. The maximum Gasteiger partial charge on any atom is 0.331 e. The van der Waals surface area contributed by atoms with E-state index in [0.717, 1.165) is 5.56 Å². The molecule has 6 heteroatoms. The van der Waals surface area contributed by atoms with Gasteiger partial charge in [-0.05, 0) is 17.7 Å². The maximum atomic E-state index is 11.9.